The highest BCUT2D eigenvalue weighted by molar-refractivity contribution is 5.91. The third-order valence-electron chi connectivity index (χ3n) is 2.45. The summed E-state index contributed by atoms with van der Waals surface area (Å²) in [7, 11) is 0. The quantitative estimate of drug-likeness (QED) is 0.565. The molecule has 1 aliphatic rings. The Morgan fingerprint density at radius 2 is 1.82 bits per heavy atom. The molecule has 0 saturated carbocycles. The van der Waals surface area contributed by atoms with Crippen LogP contribution in [0.1, 0.15) is 5.56 Å². The Morgan fingerprint density at radius 1 is 1.18 bits per heavy atom. The lowest BCUT2D eigenvalue weighted by Gasteiger charge is -2.18. The largest absolute Gasteiger partial charge is 0.549 e. The van der Waals surface area contributed by atoms with Crippen LogP contribution in [0, 0.1) is 5.92 Å². The van der Waals surface area contributed by atoms with Crippen LogP contribution in [0.4, 0.5) is 0 Å². The van der Waals surface area contributed by atoms with E-state index in [9.17, 15) is 19.8 Å². The first kappa shape index (κ1) is 11.3. The Bertz CT molecular complexity index is 453. The van der Waals surface area contributed by atoms with Crippen molar-refractivity contribution in [3.63, 3.8) is 0 Å². The summed E-state index contributed by atoms with van der Waals surface area (Å²) >= 11 is 0. The van der Waals surface area contributed by atoms with Crippen molar-refractivity contribution in [2.24, 2.45) is 5.92 Å². The standard InChI is InChI=1S/C11H10O6/c12-10(13)7(11(14)15)3-6-1-2-8-9(4-6)17-5-16-8/h1-2,4,7H,3,5H2,(H,12,13)(H,14,15)/p-2. The maximum atomic E-state index is 10.6. The number of carbonyl (C=O) groups is 2. The second kappa shape index (κ2) is 4.32. The van der Waals surface area contributed by atoms with Crippen molar-refractivity contribution in [1.29, 1.82) is 0 Å². The van der Waals surface area contributed by atoms with E-state index in [0.717, 1.165) is 0 Å². The van der Waals surface area contributed by atoms with Gasteiger partial charge in [0.2, 0.25) is 6.79 Å². The summed E-state index contributed by atoms with van der Waals surface area (Å²) in [4.78, 5) is 21.2. The third-order valence-corrected chi connectivity index (χ3v) is 2.45. The first-order valence-electron chi connectivity index (χ1n) is 4.88. The fraction of sp³-hybridized carbons (Fsp3) is 0.273. The van der Waals surface area contributed by atoms with Crippen LogP contribution in [0.2, 0.25) is 0 Å². The molecule has 0 atom stereocenters. The van der Waals surface area contributed by atoms with Crippen molar-refractivity contribution < 1.29 is 29.3 Å². The number of benzene rings is 1. The first-order chi connectivity index (χ1) is 8.08. The van der Waals surface area contributed by atoms with Gasteiger partial charge in [-0.15, -0.1) is 0 Å². The van der Waals surface area contributed by atoms with Crippen molar-refractivity contribution in [1.82, 2.24) is 0 Å². The molecule has 1 heterocycles. The Labute approximate surface area is 96.4 Å². The van der Waals surface area contributed by atoms with Gasteiger partial charge >= 0.3 is 0 Å². The molecule has 0 N–H and O–H groups in total. The van der Waals surface area contributed by atoms with E-state index in [1.54, 1.807) is 18.2 Å². The zero-order valence-corrected chi connectivity index (χ0v) is 8.67. The molecule has 0 fully saturated rings. The van der Waals surface area contributed by atoms with Crippen molar-refractivity contribution in [2.75, 3.05) is 6.79 Å². The molecule has 0 saturated heterocycles. The van der Waals surface area contributed by atoms with Crippen LogP contribution in [0.3, 0.4) is 0 Å². The highest BCUT2D eigenvalue weighted by atomic mass is 16.7. The van der Waals surface area contributed by atoms with E-state index in [-0.39, 0.29) is 13.2 Å². The zero-order valence-electron chi connectivity index (χ0n) is 8.67. The molecular weight excluding hydrogens is 228 g/mol. The summed E-state index contributed by atoms with van der Waals surface area (Å²) in [6, 6.07) is 4.72. The molecule has 0 spiro atoms. The number of carbonyl (C=O) groups excluding carboxylic acids is 2. The summed E-state index contributed by atoms with van der Waals surface area (Å²) in [6.07, 6.45) is -0.207. The van der Waals surface area contributed by atoms with Gasteiger partial charge in [-0.1, -0.05) is 6.07 Å². The molecule has 0 bridgehead atoms. The number of aliphatic carboxylic acids is 2. The zero-order chi connectivity index (χ0) is 12.4. The predicted octanol–water partition coefficient (Wildman–Crippen LogP) is -1.93. The van der Waals surface area contributed by atoms with E-state index in [2.05, 4.69) is 0 Å². The lowest BCUT2D eigenvalue weighted by molar-refractivity contribution is -0.331. The fourth-order valence-electron chi connectivity index (χ4n) is 1.57. The minimum Gasteiger partial charge on any atom is -0.549 e. The number of hydrogen-bond acceptors (Lipinski definition) is 6. The molecule has 90 valence electrons. The summed E-state index contributed by atoms with van der Waals surface area (Å²) in [5, 5.41) is 21.2. The summed E-state index contributed by atoms with van der Waals surface area (Å²) in [6.45, 7) is 0.100. The van der Waals surface area contributed by atoms with Gasteiger partial charge in [0, 0.05) is 5.92 Å². The molecule has 0 unspecified atom stereocenters. The lowest BCUT2D eigenvalue weighted by Crippen LogP contribution is -2.44. The summed E-state index contributed by atoms with van der Waals surface area (Å²) < 4.78 is 10.2. The van der Waals surface area contributed by atoms with Crippen LogP contribution >= 0.6 is 0 Å². The number of carboxylic acids is 2. The van der Waals surface area contributed by atoms with Crippen LogP contribution in [-0.2, 0) is 16.0 Å². The smallest absolute Gasteiger partial charge is 0.231 e. The predicted molar refractivity (Wildman–Crippen MR) is 49.8 cm³/mol. The molecule has 1 aromatic rings. The third kappa shape index (κ3) is 2.30. The van der Waals surface area contributed by atoms with Crippen molar-refractivity contribution in [2.45, 2.75) is 6.42 Å². The minimum atomic E-state index is -1.67. The first-order valence-corrected chi connectivity index (χ1v) is 4.88. The molecule has 17 heavy (non-hydrogen) atoms. The van der Waals surface area contributed by atoms with Gasteiger partial charge in [0.15, 0.2) is 11.5 Å². The summed E-state index contributed by atoms with van der Waals surface area (Å²) in [5.41, 5.74) is 0.507. The average molecular weight is 236 g/mol. The van der Waals surface area contributed by atoms with Gasteiger partial charge in [-0.2, -0.15) is 0 Å². The average Bonchev–Trinajstić information content (AvgIpc) is 2.71. The number of rotatable bonds is 4. The van der Waals surface area contributed by atoms with E-state index < -0.39 is 17.9 Å². The van der Waals surface area contributed by atoms with Crippen LogP contribution in [0.5, 0.6) is 11.5 Å². The monoisotopic (exact) mass is 236 g/mol. The van der Waals surface area contributed by atoms with Gasteiger partial charge in [-0.3, -0.25) is 0 Å². The molecule has 2 rings (SSSR count). The van der Waals surface area contributed by atoms with Gasteiger partial charge in [-0.25, -0.2) is 0 Å². The molecule has 0 radical (unpaired) electrons. The van der Waals surface area contributed by atoms with Crippen LogP contribution in [0.15, 0.2) is 18.2 Å². The Morgan fingerprint density at radius 3 is 2.47 bits per heavy atom. The molecule has 0 aromatic heterocycles. The van der Waals surface area contributed by atoms with Gasteiger partial charge in [0.1, 0.15) is 0 Å². The summed E-state index contributed by atoms with van der Waals surface area (Å²) in [5.74, 6) is -3.98. The van der Waals surface area contributed by atoms with Crippen molar-refractivity contribution in [3.8, 4) is 11.5 Å². The molecule has 1 aromatic carbocycles. The van der Waals surface area contributed by atoms with Crippen molar-refractivity contribution >= 4 is 11.9 Å². The van der Waals surface area contributed by atoms with Crippen LogP contribution < -0.4 is 19.7 Å². The second-order valence-electron chi connectivity index (χ2n) is 3.58. The van der Waals surface area contributed by atoms with Gasteiger partial charge in [0.25, 0.3) is 0 Å². The Hall–Kier alpha value is -2.24. The van der Waals surface area contributed by atoms with Gasteiger partial charge in [-0.05, 0) is 24.1 Å². The number of ether oxygens (including phenoxy) is 2. The highest BCUT2D eigenvalue weighted by Crippen LogP contribution is 2.33. The van der Waals surface area contributed by atoms with E-state index in [1.807, 2.05) is 0 Å². The lowest BCUT2D eigenvalue weighted by atomic mass is 9.99. The maximum Gasteiger partial charge on any atom is 0.231 e. The minimum absolute atomic E-state index is 0.100. The van der Waals surface area contributed by atoms with E-state index in [0.29, 0.717) is 17.1 Å². The Kier molecular flexibility index (Phi) is 2.86. The molecule has 0 aliphatic carbocycles. The normalized spacial score (nSPS) is 12.8. The van der Waals surface area contributed by atoms with E-state index >= 15 is 0 Å². The van der Waals surface area contributed by atoms with Gasteiger partial charge < -0.3 is 29.3 Å². The van der Waals surface area contributed by atoms with E-state index in [4.69, 9.17) is 9.47 Å². The molecule has 6 heteroatoms. The number of fused-ring (bicyclic) bond motifs is 1. The number of carboxylic acid groups (broad SMARTS) is 2. The maximum absolute atomic E-state index is 10.6. The van der Waals surface area contributed by atoms with Crippen LogP contribution in [-0.4, -0.2) is 18.7 Å². The molecular formula is C11H8O6-2. The van der Waals surface area contributed by atoms with Crippen molar-refractivity contribution in [3.05, 3.63) is 23.8 Å². The second-order valence-corrected chi connectivity index (χ2v) is 3.58. The molecule has 6 nitrogen and oxygen atoms in total. The molecule has 0 amide bonds. The Balaban J connectivity index is 2.18. The topological polar surface area (TPSA) is 98.7 Å². The van der Waals surface area contributed by atoms with Crippen LogP contribution in [0.25, 0.3) is 0 Å². The van der Waals surface area contributed by atoms with Gasteiger partial charge in [0.05, 0.1) is 11.9 Å². The number of hydrogen-bond donors (Lipinski definition) is 0. The molecule has 1 aliphatic heterocycles. The highest BCUT2D eigenvalue weighted by Gasteiger charge is 2.16. The SMILES string of the molecule is O=C([O-])C(Cc1ccc2c(c1)OCO2)C(=O)[O-]. The fourth-order valence-corrected chi connectivity index (χ4v) is 1.57. The van der Waals surface area contributed by atoms with E-state index in [1.165, 1.54) is 0 Å².